The number of benzene rings is 1. The molecule has 0 radical (unpaired) electrons. The van der Waals surface area contributed by atoms with Crippen LogP contribution in [0.3, 0.4) is 0 Å². The number of thiazole rings is 1. The first-order valence-electron chi connectivity index (χ1n) is 11.4. The van der Waals surface area contributed by atoms with Gasteiger partial charge in [0.05, 0.1) is 5.69 Å². The Hall–Kier alpha value is -2.25. The van der Waals surface area contributed by atoms with Crippen molar-refractivity contribution in [1.82, 2.24) is 14.8 Å². The first-order valence-corrected chi connectivity index (χ1v) is 12.2. The lowest BCUT2D eigenvalue weighted by molar-refractivity contribution is -0.131. The average Bonchev–Trinajstić information content (AvgIpc) is 3.15. The van der Waals surface area contributed by atoms with Crippen LogP contribution in [-0.2, 0) is 29.1 Å². The van der Waals surface area contributed by atoms with E-state index in [0.717, 1.165) is 57.7 Å². The summed E-state index contributed by atoms with van der Waals surface area (Å²) in [5.74, 6) is 0.0947. The zero-order valence-corrected chi connectivity index (χ0v) is 19.5. The highest BCUT2D eigenvalue weighted by Crippen LogP contribution is 2.29. The summed E-state index contributed by atoms with van der Waals surface area (Å²) in [5, 5.41) is 3.62. The van der Waals surface area contributed by atoms with E-state index < -0.39 is 0 Å². The molecule has 0 spiro atoms. The Bertz CT molecular complexity index is 847. The molecule has 0 atom stereocenters. The van der Waals surface area contributed by atoms with Gasteiger partial charge in [-0.05, 0) is 24.8 Å². The quantitative estimate of drug-likeness (QED) is 0.558. The molecule has 0 unspecified atom stereocenters. The number of hydrogen-bond donors (Lipinski definition) is 1. The number of carbonyl (C=O) groups is 2. The van der Waals surface area contributed by atoms with Crippen molar-refractivity contribution in [2.45, 2.75) is 65.5 Å². The van der Waals surface area contributed by atoms with Crippen molar-refractivity contribution in [1.29, 1.82) is 0 Å². The molecule has 1 aromatic carbocycles. The lowest BCUT2D eigenvalue weighted by Gasteiger charge is -2.25. The van der Waals surface area contributed by atoms with Crippen LogP contribution in [-0.4, -0.2) is 46.2 Å². The molecule has 2 aromatic rings. The van der Waals surface area contributed by atoms with Crippen LogP contribution >= 0.6 is 11.3 Å². The SMILES string of the molecule is CCCN(CCC)C(=O)CCCC(=O)Nc1nc2c(s1)CN(Cc1ccccc1)CC2. The molecule has 1 aliphatic rings. The Morgan fingerprint density at radius 3 is 2.58 bits per heavy atom. The number of amides is 2. The molecular weight excluding hydrogens is 408 g/mol. The summed E-state index contributed by atoms with van der Waals surface area (Å²) in [4.78, 5) is 34.9. The second kappa shape index (κ2) is 12.0. The summed E-state index contributed by atoms with van der Waals surface area (Å²) in [6, 6.07) is 10.5. The van der Waals surface area contributed by atoms with Crippen LogP contribution in [0.1, 0.15) is 62.1 Å². The van der Waals surface area contributed by atoms with Gasteiger partial charge in [-0.1, -0.05) is 44.2 Å². The molecule has 0 saturated heterocycles. The summed E-state index contributed by atoms with van der Waals surface area (Å²) in [7, 11) is 0. The van der Waals surface area contributed by atoms with Crippen molar-refractivity contribution in [3.8, 4) is 0 Å². The normalized spacial score (nSPS) is 13.6. The molecule has 1 N–H and O–H groups in total. The molecule has 0 bridgehead atoms. The summed E-state index contributed by atoms with van der Waals surface area (Å²) in [6.07, 6.45) is 4.18. The molecule has 0 aliphatic carbocycles. The molecule has 0 saturated carbocycles. The van der Waals surface area contributed by atoms with E-state index in [1.54, 1.807) is 11.3 Å². The zero-order chi connectivity index (χ0) is 22.1. The minimum absolute atomic E-state index is 0.0578. The van der Waals surface area contributed by atoms with E-state index in [4.69, 9.17) is 0 Å². The van der Waals surface area contributed by atoms with Gasteiger partial charge in [0.25, 0.3) is 0 Å². The number of aromatic nitrogens is 1. The predicted octanol–water partition coefficient (Wildman–Crippen LogP) is 4.46. The van der Waals surface area contributed by atoms with Crippen molar-refractivity contribution in [2.24, 2.45) is 0 Å². The number of nitrogens with zero attached hydrogens (tertiary/aromatic N) is 3. The Balaban J connectivity index is 1.44. The second-order valence-corrected chi connectivity index (χ2v) is 9.20. The fraction of sp³-hybridized carbons (Fsp3) is 0.542. The van der Waals surface area contributed by atoms with E-state index in [1.807, 2.05) is 11.0 Å². The molecular formula is C24H34N4O2S. The highest BCUT2D eigenvalue weighted by Gasteiger charge is 2.21. The first kappa shape index (κ1) is 23.4. The molecule has 3 rings (SSSR count). The summed E-state index contributed by atoms with van der Waals surface area (Å²) in [6.45, 7) is 8.54. The molecule has 2 amide bonds. The van der Waals surface area contributed by atoms with E-state index in [-0.39, 0.29) is 11.8 Å². The average molecular weight is 443 g/mol. The van der Waals surface area contributed by atoms with Gasteiger partial charge in [0, 0.05) is 56.9 Å². The Labute approximate surface area is 189 Å². The number of carbonyl (C=O) groups excluding carboxylic acids is 2. The lowest BCUT2D eigenvalue weighted by Crippen LogP contribution is -2.32. The minimum atomic E-state index is -0.0578. The van der Waals surface area contributed by atoms with Gasteiger partial charge >= 0.3 is 0 Å². The van der Waals surface area contributed by atoms with Gasteiger partial charge in [-0.15, -0.1) is 11.3 Å². The Morgan fingerprint density at radius 1 is 1.13 bits per heavy atom. The smallest absolute Gasteiger partial charge is 0.226 e. The second-order valence-electron chi connectivity index (χ2n) is 8.12. The molecule has 31 heavy (non-hydrogen) atoms. The summed E-state index contributed by atoms with van der Waals surface area (Å²) in [5.41, 5.74) is 2.42. The van der Waals surface area contributed by atoms with Crippen LogP contribution in [0, 0.1) is 0 Å². The molecule has 2 heterocycles. The highest BCUT2D eigenvalue weighted by molar-refractivity contribution is 7.15. The van der Waals surface area contributed by atoms with Crippen LogP contribution in [0.4, 0.5) is 5.13 Å². The number of nitrogens with one attached hydrogen (secondary N) is 1. The molecule has 0 fully saturated rings. The molecule has 6 nitrogen and oxygen atoms in total. The van der Waals surface area contributed by atoms with Gasteiger partial charge in [-0.25, -0.2) is 4.98 Å². The summed E-state index contributed by atoms with van der Waals surface area (Å²) >= 11 is 1.58. The fourth-order valence-corrected chi connectivity index (χ4v) is 4.99. The van der Waals surface area contributed by atoms with E-state index in [9.17, 15) is 9.59 Å². The molecule has 7 heteroatoms. The first-order chi connectivity index (χ1) is 15.1. The number of rotatable bonds is 11. The Kier molecular flexibility index (Phi) is 9.03. The third-order valence-corrected chi connectivity index (χ3v) is 6.44. The standard InChI is InChI=1S/C24H34N4O2S/c1-3-14-28(15-4-2)23(30)12-8-11-22(29)26-24-25-20-13-16-27(18-21(20)31-24)17-19-9-6-5-7-10-19/h5-7,9-10H,3-4,8,11-18H2,1-2H3,(H,25,26,29). The number of anilines is 1. The predicted molar refractivity (Wildman–Crippen MR) is 126 cm³/mol. The van der Waals surface area contributed by atoms with Gasteiger partial charge in [0.2, 0.25) is 11.8 Å². The fourth-order valence-electron chi connectivity index (χ4n) is 3.92. The van der Waals surface area contributed by atoms with Gasteiger partial charge in [0.15, 0.2) is 5.13 Å². The van der Waals surface area contributed by atoms with Crippen LogP contribution in [0.5, 0.6) is 0 Å². The number of hydrogen-bond acceptors (Lipinski definition) is 5. The molecule has 1 aliphatic heterocycles. The maximum atomic E-state index is 12.4. The van der Waals surface area contributed by atoms with Crippen LogP contribution in [0.2, 0.25) is 0 Å². The van der Waals surface area contributed by atoms with E-state index in [0.29, 0.717) is 24.4 Å². The molecule has 168 valence electrons. The third-order valence-electron chi connectivity index (χ3n) is 5.44. The van der Waals surface area contributed by atoms with Crippen LogP contribution in [0.15, 0.2) is 30.3 Å². The molecule has 1 aromatic heterocycles. The van der Waals surface area contributed by atoms with Crippen molar-refractivity contribution >= 4 is 28.3 Å². The van der Waals surface area contributed by atoms with E-state index >= 15 is 0 Å². The van der Waals surface area contributed by atoms with Gasteiger partial charge in [0.1, 0.15) is 0 Å². The maximum absolute atomic E-state index is 12.4. The monoisotopic (exact) mass is 442 g/mol. The van der Waals surface area contributed by atoms with Crippen molar-refractivity contribution in [3.63, 3.8) is 0 Å². The van der Waals surface area contributed by atoms with Gasteiger partial charge in [-0.2, -0.15) is 0 Å². The summed E-state index contributed by atoms with van der Waals surface area (Å²) < 4.78 is 0. The zero-order valence-electron chi connectivity index (χ0n) is 18.7. The topological polar surface area (TPSA) is 65.5 Å². The van der Waals surface area contributed by atoms with Crippen molar-refractivity contribution in [2.75, 3.05) is 25.0 Å². The minimum Gasteiger partial charge on any atom is -0.343 e. The van der Waals surface area contributed by atoms with Gasteiger partial charge < -0.3 is 10.2 Å². The Morgan fingerprint density at radius 2 is 1.87 bits per heavy atom. The van der Waals surface area contributed by atoms with Crippen molar-refractivity contribution in [3.05, 3.63) is 46.5 Å². The maximum Gasteiger partial charge on any atom is 0.226 e. The third kappa shape index (κ3) is 7.14. The van der Waals surface area contributed by atoms with Crippen LogP contribution < -0.4 is 5.32 Å². The largest absolute Gasteiger partial charge is 0.343 e. The van der Waals surface area contributed by atoms with E-state index in [1.165, 1.54) is 10.4 Å². The number of fused-ring (bicyclic) bond motifs is 1. The van der Waals surface area contributed by atoms with Crippen LogP contribution in [0.25, 0.3) is 0 Å². The van der Waals surface area contributed by atoms with Gasteiger partial charge in [-0.3, -0.25) is 14.5 Å². The van der Waals surface area contributed by atoms with E-state index in [2.05, 4.69) is 53.3 Å². The lowest BCUT2D eigenvalue weighted by atomic mass is 10.1. The van der Waals surface area contributed by atoms with Crippen molar-refractivity contribution < 1.29 is 9.59 Å². The highest BCUT2D eigenvalue weighted by atomic mass is 32.1.